The smallest absolute Gasteiger partial charge is 0.379 e. The summed E-state index contributed by atoms with van der Waals surface area (Å²) in [5.74, 6) is -0.433. The third-order valence-corrected chi connectivity index (χ3v) is 5.01. The summed E-state index contributed by atoms with van der Waals surface area (Å²) in [6.07, 6.45) is -4.20. The Morgan fingerprint density at radius 1 is 1.35 bits per heavy atom. The van der Waals surface area contributed by atoms with Crippen molar-refractivity contribution in [3.05, 3.63) is 35.4 Å². The minimum atomic E-state index is -4.70. The molecule has 1 aliphatic carbocycles. The van der Waals surface area contributed by atoms with Crippen molar-refractivity contribution in [2.24, 2.45) is 5.92 Å². The molecule has 0 aromatic heterocycles. The zero-order valence-electron chi connectivity index (χ0n) is 12.9. The lowest BCUT2D eigenvalue weighted by Crippen LogP contribution is -2.58. The lowest BCUT2D eigenvalue weighted by Gasteiger charge is -2.40. The SMILES string of the molecule is Cc1ccccc1[C@@H]1C[C@@H]1C(=O)N1CCC[C@](O)(C(F)(F)F)C1. The van der Waals surface area contributed by atoms with Gasteiger partial charge in [0.25, 0.3) is 0 Å². The molecule has 126 valence electrons. The van der Waals surface area contributed by atoms with Crippen LogP contribution in [0.15, 0.2) is 24.3 Å². The van der Waals surface area contributed by atoms with Crippen molar-refractivity contribution in [1.29, 1.82) is 0 Å². The second kappa shape index (κ2) is 5.51. The van der Waals surface area contributed by atoms with E-state index in [1.807, 2.05) is 31.2 Å². The summed E-state index contributed by atoms with van der Waals surface area (Å²) < 4.78 is 39.0. The molecule has 2 fully saturated rings. The van der Waals surface area contributed by atoms with Gasteiger partial charge in [-0.3, -0.25) is 4.79 Å². The number of amides is 1. The van der Waals surface area contributed by atoms with E-state index in [9.17, 15) is 23.1 Å². The van der Waals surface area contributed by atoms with E-state index in [1.165, 1.54) is 4.90 Å². The van der Waals surface area contributed by atoms with E-state index >= 15 is 0 Å². The van der Waals surface area contributed by atoms with Gasteiger partial charge in [0.2, 0.25) is 5.91 Å². The third-order valence-electron chi connectivity index (χ3n) is 5.01. The molecule has 1 aliphatic heterocycles. The van der Waals surface area contributed by atoms with Gasteiger partial charge < -0.3 is 10.0 Å². The lowest BCUT2D eigenvalue weighted by atomic mass is 9.91. The molecule has 1 N–H and O–H groups in total. The number of aliphatic hydroxyl groups is 1. The molecule has 0 spiro atoms. The van der Waals surface area contributed by atoms with E-state index in [0.29, 0.717) is 6.42 Å². The van der Waals surface area contributed by atoms with Gasteiger partial charge >= 0.3 is 6.18 Å². The molecule has 1 amide bonds. The monoisotopic (exact) mass is 327 g/mol. The molecular weight excluding hydrogens is 307 g/mol. The second-order valence-electron chi connectivity index (χ2n) is 6.70. The predicted molar refractivity (Wildman–Crippen MR) is 78.8 cm³/mol. The molecular formula is C17H20F3NO2. The molecule has 0 radical (unpaired) electrons. The van der Waals surface area contributed by atoms with Crippen LogP contribution in [0.4, 0.5) is 13.2 Å². The van der Waals surface area contributed by atoms with Crippen LogP contribution >= 0.6 is 0 Å². The Bertz CT molecular complexity index is 616. The Balaban J connectivity index is 1.69. The van der Waals surface area contributed by atoms with Gasteiger partial charge in [-0.25, -0.2) is 0 Å². The molecule has 2 aliphatic rings. The molecule has 3 nitrogen and oxygen atoms in total. The van der Waals surface area contributed by atoms with Crippen molar-refractivity contribution < 1.29 is 23.1 Å². The Morgan fingerprint density at radius 2 is 2.04 bits per heavy atom. The van der Waals surface area contributed by atoms with E-state index in [1.54, 1.807) is 0 Å². The quantitative estimate of drug-likeness (QED) is 0.907. The third kappa shape index (κ3) is 2.96. The van der Waals surface area contributed by atoms with Crippen LogP contribution in [0.3, 0.4) is 0 Å². The lowest BCUT2D eigenvalue weighted by molar-refractivity contribution is -0.272. The van der Waals surface area contributed by atoms with Crippen LogP contribution in [0.25, 0.3) is 0 Å². The van der Waals surface area contributed by atoms with Crippen molar-refractivity contribution >= 4 is 5.91 Å². The Hall–Kier alpha value is -1.56. The number of β-amino-alcohol motifs (C(OH)–C–C–N with tert-alkyl or cyclic N) is 1. The van der Waals surface area contributed by atoms with Crippen LogP contribution in [-0.2, 0) is 4.79 Å². The van der Waals surface area contributed by atoms with Crippen molar-refractivity contribution in [2.75, 3.05) is 13.1 Å². The van der Waals surface area contributed by atoms with Crippen LogP contribution < -0.4 is 0 Å². The molecule has 1 aromatic rings. The second-order valence-corrected chi connectivity index (χ2v) is 6.70. The number of halogens is 3. The number of rotatable bonds is 2. The highest BCUT2D eigenvalue weighted by atomic mass is 19.4. The molecule has 3 atom stereocenters. The average Bonchev–Trinajstić information content (AvgIpc) is 3.26. The van der Waals surface area contributed by atoms with Crippen LogP contribution in [0, 0.1) is 12.8 Å². The van der Waals surface area contributed by atoms with Gasteiger partial charge in [0.1, 0.15) is 0 Å². The molecule has 1 saturated heterocycles. The highest BCUT2D eigenvalue weighted by Crippen LogP contribution is 2.50. The van der Waals surface area contributed by atoms with Crippen LogP contribution in [0.2, 0.25) is 0 Å². The summed E-state index contributed by atoms with van der Waals surface area (Å²) >= 11 is 0. The van der Waals surface area contributed by atoms with Crippen LogP contribution in [0.1, 0.15) is 36.3 Å². The standard InChI is InChI=1S/C17H20F3NO2/c1-11-5-2-3-6-12(11)13-9-14(13)15(22)21-8-4-7-16(23,10-21)17(18,19)20/h2-3,5-6,13-14,23H,4,7-10H2,1H3/t13-,14-,16+/m0/s1. The van der Waals surface area contributed by atoms with Crippen molar-refractivity contribution in [1.82, 2.24) is 4.90 Å². The highest BCUT2D eigenvalue weighted by Gasteiger charge is 2.57. The first-order chi connectivity index (χ1) is 10.7. The summed E-state index contributed by atoms with van der Waals surface area (Å²) in [4.78, 5) is 13.7. The van der Waals surface area contributed by atoms with Crippen molar-refractivity contribution in [2.45, 2.75) is 43.9 Å². The average molecular weight is 327 g/mol. The Morgan fingerprint density at radius 3 is 2.70 bits per heavy atom. The number of hydrogen-bond donors (Lipinski definition) is 1. The molecule has 0 bridgehead atoms. The topological polar surface area (TPSA) is 40.5 Å². The fourth-order valence-electron chi connectivity index (χ4n) is 3.50. The number of aryl methyl sites for hydroxylation is 1. The maximum Gasteiger partial charge on any atom is 0.418 e. The van der Waals surface area contributed by atoms with E-state index in [0.717, 1.165) is 11.1 Å². The zero-order chi connectivity index (χ0) is 16.8. The largest absolute Gasteiger partial charge is 0.418 e. The summed E-state index contributed by atoms with van der Waals surface area (Å²) in [5, 5.41) is 9.84. The summed E-state index contributed by atoms with van der Waals surface area (Å²) in [6.45, 7) is 1.61. The van der Waals surface area contributed by atoms with Gasteiger partial charge in [-0.1, -0.05) is 24.3 Å². The highest BCUT2D eigenvalue weighted by molar-refractivity contribution is 5.83. The number of carbonyl (C=O) groups is 1. The first kappa shape index (κ1) is 16.3. The molecule has 1 heterocycles. The minimum absolute atomic E-state index is 0.0876. The van der Waals surface area contributed by atoms with E-state index in [2.05, 4.69) is 0 Å². The van der Waals surface area contributed by atoms with Gasteiger partial charge in [0.05, 0.1) is 6.54 Å². The van der Waals surface area contributed by atoms with Gasteiger partial charge in [0, 0.05) is 12.5 Å². The fraction of sp³-hybridized carbons (Fsp3) is 0.588. The van der Waals surface area contributed by atoms with Gasteiger partial charge in [0.15, 0.2) is 5.60 Å². The first-order valence-corrected chi connectivity index (χ1v) is 7.86. The minimum Gasteiger partial charge on any atom is -0.379 e. The molecule has 3 rings (SSSR count). The molecule has 1 aromatic carbocycles. The van der Waals surface area contributed by atoms with E-state index in [4.69, 9.17) is 0 Å². The number of carbonyl (C=O) groups excluding carboxylic acids is 1. The summed E-state index contributed by atoms with van der Waals surface area (Å²) in [7, 11) is 0. The number of alkyl halides is 3. The maximum absolute atomic E-state index is 13.0. The summed E-state index contributed by atoms with van der Waals surface area (Å²) in [6, 6.07) is 7.77. The Labute approximate surface area is 133 Å². The number of hydrogen-bond acceptors (Lipinski definition) is 2. The zero-order valence-corrected chi connectivity index (χ0v) is 12.9. The van der Waals surface area contributed by atoms with Crippen LogP contribution in [-0.4, -0.2) is 40.8 Å². The van der Waals surface area contributed by atoms with Gasteiger partial charge in [-0.2, -0.15) is 13.2 Å². The maximum atomic E-state index is 13.0. The first-order valence-electron chi connectivity index (χ1n) is 7.86. The number of likely N-dealkylation sites (tertiary alicyclic amines) is 1. The molecule has 0 unspecified atom stereocenters. The van der Waals surface area contributed by atoms with Gasteiger partial charge in [-0.05, 0) is 43.2 Å². The van der Waals surface area contributed by atoms with E-state index < -0.39 is 18.3 Å². The Kier molecular flexibility index (Phi) is 3.91. The predicted octanol–water partition coefficient (Wildman–Crippen LogP) is 3.01. The van der Waals surface area contributed by atoms with Crippen LogP contribution in [0.5, 0.6) is 0 Å². The fourth-order valence-corrected chi connectivity index (χ4v) is 3.50. The summed E-state index contributed by atoms with van der Waals surface area (Å²) in [5.41, 5.74) is -0.583. The normalized spacial score (nSPS) is 31.1. The number of nitrogens with zero attached hydrogens (tertiary/aromatic N) is 1. The molecule has 23 heavy (non-hydrogen) atoms. The van der Waals surface area contributed by atoms with E-state index in [-0.39, 0.29) is 37.1 Å². The van der Waals surface area contributed by atoms with Crippen molar-refractivity contribution in [3.63, 3.8) is 0 Å². The molecule has 6 heteroatoms. The molecule has 1 saturated carbocycles. The number of benzene rings is 1. The number of piperidine rings is 1. The van der Waals surface area contributed by atoms with Crippen molar-refractivity contribution in [3.8, 4) is 0 Å². The van der Waals surface area contributed by atoms with Gasteiger partial charge in [-0.15, -0.1) is 0 Å².